The third-order valence-corrected chi connectivity index (χ3v) is 2.57. The van der Waals surface area contributed by atoms with Gasteiger partial charge < -0.3 is 9.72 Å². The van der Waals surface area contributed by atoms with Gasteiger partial charge in [0.25, 0.3) is 0 Å². The average Bonchev–Trinajstić information content (AvgIpc) is 2.92. The monoisotopic (exact) mass is 252 g/mol. The van der Waals surface area contributed by atoms with Crippen molar-refractivity contribution < 1.29 is 4.74 Å². The highest BCUT2D eigenvalue weighted by Crippen LogP contribution is 2.09. The lowest BCUT2D eigenvalue weighted by Crippen LogP contribution is -1.98. The lowest BCUT2D eigenvalue weighted by molar-refractivity contribution is 0.335. The van der Waals surface area contributed by atoms with Gasteiger partial charge in [0.1, 0.15) is 12.1 Å². The molecule has 0 saturated carbocycles. The quantitative estimate of drug-likeness (QED) is 0.774. The van der Waals surface area contributed by atoms with E-state index in [0.29, 0.717) is 18.3 Å². The van der Waals surface area contributed by atoms with E-state index >= 15 is 0 Å². The summed E-state index contributed by atoms with van der Waals surface area (Å²) in [4.78, 5) is 15.2. The molecular formula is C14H12N4O. The number of hydrogen-bond acceptors (Lipinski definition) is 4. The second-order valence-corrected chi connectivity index (χ2v) is 3.92. The zero-order chi connectivity index (χ0) is 12.9. The normalized spacial score (nSPS) is 11.2. The van der Waals surface area contributed by atoms with Crippen molar-refractivity contribution in [1.29, 1.82) is 0 Å². The van der Waals surface area contributed by atoms with Gasteiger partial charge in [0.15, 0.2) is 5.65 Å². The van der Waals surface area contributed by atoms with E-state index in [4.69, 9.17) is 4.74 Å². The highest BCUT2D eigenvalue weighted by Gasteiger charge is 2.01. The molecule has 0 spiro atoms. The Balaban J connectivity index is 1.61. The van der Waals surface area contributed by atoms with Crippen LogP contribution in [0.5, 0.6) is 6.01 Å². The van der Waals surface area contributed by atoms with Crippen molar-refractivity contribution in [2.45, 2.75) is 0 Å². The van der Waals surface area contributed by atoms with E-state index < -0.39 is 0 Å². The molecule has 19 heavy (non-hydrogen) atoms. The number of hydrogen-bond donors (Lipinski definition) is 1. The second kappa shape index (κ2) is 5.30. The lowest BCUT2D eigenvalue weighted by Gasteiger charge is -1.99. The zero-order valence-electron chi connectivity index (χ0n) is 10.2. The maximum Gasteiger partial charge on any atom is 0.318 e. The van der Waals surface area contributed by atoms with E-state index in [1.54, 1.807) is 12.5 Å². The van der Waals surface area contributed by atoms with E-state index in [9.17, 15) is 0 Å². The van der Waals surface area contributed by atoms with Crippen LogP contribution in [0, 0.1) is 0 Å². The minimum Gasteiger partial charge on any atom is -0.459 e. The SMILES string of the molecule is C(=Cc1ccccc1)COc1ncc2[nH]cnc2n1. The van der Waals surface area contributed by atoms with Gasteiger partial charge in [-0.2, -0.15) is 4.98 Å². The number of nitrogens with one attached hydrogen (secondary N) is 1. The molecule has 5 heteroatoms. The molecule has 0 saturated heterocycles. The van der Waals surface area contributed by atoms with Gasteiger partial charge in [-0.25, -0.2) is 9.97 Å². The molecule has 0 fully saturated rings. The van der Waals surface area contributed by atoms with Crippen LogP contribution in [0.3, 0.4) is 0 Å². The van der Waals surface area contributed by atoms with Crippen LogP contribution < -0.4 is 4.74 Å². The predicted octanol–water partition coefficient (Wildman–Crippen LogP) is 2.45. The number of fused-ring (bicyclic) bond motifs is 1. The van der Waals surface area contributed by atoms with Crippen molar-refractivity contribution in [1.82, 2.24) is 19.9 Å². The molecule has 0 radical (unpaired) electrons. The summed E-state index contributed by atoms with van der Waals surface area (Å²) in [6.07, 6.45) is 7.16. The standard InChI is InChI=1S/C14H12N4O/c1-2-5-11(6-3-1)7-4-8-19-14-15-9-12-13(18-14)17-10-16-12/h1-7,9-10H,8H2,(H,15,16,17,18). The van der Waals surface area contributed by atoms with Crippen molar-refractivity contribution in [3.05, 3.63) is 54.5 Å². The molecular weight excluding hydrogens is 240 g/mol. The Morgan fingerprint density at radius 3 is 2.95 bits per heavy atom. The van der Waals surface area contributed by atoms with Gasteiger partial charge in [-0.05, 0) is 11.6 Å². The summed E-state index contributed by atoms with van der Waals surface area (Å²) in [5, 5.41) is 0. The van der Waals surface area contributed by atoms with Gasteiger partial charge in [0, 0.05) is 0 Å². The first-order chi connectivity index (χ1) is 9.42. The predicted molar refractivity (Wildman–Crippen MR) is 72.7 cm³/mol. The molecule has 2 aromatic heterocycles. The van der Waals surface area contributed by atoms with Gasteiger partial charge in [0.2, 0.25) is 0 Å². The van der Waals surface area contributed by atoms with Crippen LogP contribution in [0.15, 0.2) is 48.9 Å². The number of ether oxygens (including phenoxy) is 1. The largest absolute Gasteiger partial charge is 0.459 e. The van der Waals surface area contributed by atoms with Crippen molar-refractivity contribution >= 4 is 17.2 Å². The molecule has 0 unspecified atom stereocenters. The first-order valence-electron chi connectivity index (χ1n) is 5.92. The Bertz CT molecular complexity index is 691. The van der Waals surface area contributed by atoms with Crippen LogP contribution in [-0.4, -0.2) is 26.5 Å². The molecule has 5 nitrogen and oxygen atoms in total. The van der Waals surface area contributed by atoms with Crippen molar-refractivity contribution in [2.75, 3.05) is 6.61 Å². The third kappa shape index (κ3) is 2.77. The Morgan fingerprint density at radius 2 is 2.05 bits per heavy atom. The van der Waals surface area contributed by atoms with Gasteiger partial charge in [-0.15, -0.1) is 0 Å². The number of imidazole rings is 1. The molecule has 1 aromatic carbocycles. The van der Waals surface area contributed by atoms with Crippen LogP contribution in [0.2, 0.25) is 0 Å². The molecule has 1 N–H and O–H groups in total. The minimum atomic E-state index is 0.331. The maximum absolute atomic E-state index is 5.44. The number of H-pyrrole nitrogens is 1. The minimum absolute atomic E-state index is 0.331. The van der Waals surface area contributed by atoms with Crippen LogP contribution in [0.1, 0.15) is 5.56 Å². The Hall–Kier alpha value is -2.69. The highest BCUT2D eigenvalue weighted by molar-refractivity contribution is 5.68. The molecule has 0 amide bonds. The fourth-order valence-electron chi connectivity index (χ4n) is 1.66. The summed E-state index contributed by atoms with van der Waals surface area (Å²) in [5.41, 5.74) is 2.54. The smallest absolute Gasteiger partial charge is 0.318 e. The maximum atomic E-state index is 5.44. The molecule has 0 aliphatic rings. The van der Waals surface area contributed by atoms with Crippen molar-refractivity contribution in [3.8, 4) is 6.01 Å². The number of rotatable bonds is 4. The summed E-state index contributed by atoms with van der Waals surface area (Å²) in [7, 11) is 0. The van der Waals surface area contributed by atoms with Crippen molar-refractivity contribution in [3.63, 3.8) is 0 Å². The van der Waals surface area contributed by atoms with E-state index in [0.717, 1.165) is 11.1 Å². The lowest BCUT2D eigenvalue weighted by atomic mass is 10.2. The molecule has 3 aromatic rings. The van der Waals surface area contributed by atoms with Gasteiger partial charge >= 0.3 is 6.01 Å². The number of nitrogens with zero attached hydrogens (tertiary/aromatic N) is 3. The van der Waals surface area contributed by atoms with E-state index in [2.05, 4.69) is 19.9 Å². The third-order valence-electron chi connectivity index (χ3n) is 2.57. The molecule has 0 aliphatic heterocycles. The zero-order valence-corrected chi connectivity index (χ0v) is 10.2. The van der Waals surface area contributed by atoms with Gasteiger partial charge in [0.05, 0.1) is 12.5 Å². The van der Waals surface area contributed by atoms with Crippen LogP contribution in [-0.2, 0) is 0 Å². The summed E-state index contributed by atoms with van der Waals surface area (Å²) in [5.74, 6) is 0. The molecule has 0 atom stereocenters. The van der Waals surface area contributed by atoms with Gasteiger partial charge in [-0.1, -0.05) is 36.4 Å². The van der Waals surface area contributed by atoms with Crippen LogP contribution >= 0.6 is 0 Å². The second-order valence-electron chi connectivity index (χ2n) is 3.92. The van der Waals surface area contributed by atoms with Gasteiger partial charge in [-0.3, -0.25) is 0 Å². The summed E-state index contributed by atoms with van der Waals surface area (Å²) in [6, 6.07) is 10.4. The summed E-state index contributed by atoms with van der Waals surface area (Å²) >= 11 is 0. The number of benzene rings is 1. The molecule has 2 heterocycles. The molecule has 0 bridgehead atoms. The van der Waals surface area contributed by atoms with E-state index in [-0.39, 0.29) is 0 Å². The average molecular weight is 252 g/mol. The van der Waals surface area contributed by atoms with Crippen molar-refractivity contribution in [2.24, 2.45) is 0 Å². The first kappa shape index (κ1) is 11.4. The van der Waals surface area contributed by atoms with E-state index in [1.807, 2.05) is 42.5 Å². The number of aromatic amines is 1. The fourth-order valence-corrected chi connectivity index (χ4v) is 1.66. The Labute approximate surface area is 110 Å². The number of aromatic nitrogens is 4. The summed E-state index contributed by atoms with van der Waals surface area (Å²) < 4.78 is 5.44. The van der Waals surface area contributed by atoms with Crippen LogP contribution in [0.25, 0.3) is 17.2 Å². The fraction of sp³-hybridized carbons (Fsp3) is 0.0714. The summed E-state index contributed by atoms with van der Waals surface area (Å²) in [6.45, 7) is 0.421. The molecule has 94 valence electrons. The molecule has 3 rings (SSSR count). The first-order valence-corrected chi connectivity index (χ1v) is 5.92. The van der Waals surface area contributed by atoms with Crippen LogP contribution in [0.4, 0.5) is 0 Å². The topological polar surface area (TPSA) is 63.7 Å². The highest BCUT2D eigenvalue weighted by atomic mass is 16.5. The Morgan fingerprint density at radius 1 is 1.16 bits per heavy atom. The molecule has 0 aliphatic carbocycles. The van der Waals surface area contributed by atoms with E-state index in [1.165, 1.54) is 0 Å². The Kier molecular flexibility index (Phi) is 3.18.